The summed E-state index contributed by atoms with van der Waals surface area (Å²) in [4.78, 5) is 11.0. The van der Waals surface area contributed by atoms with Crippen LogP contribution in [-0.2, 0) is 10.2 Å². The second-order valence-corrected chi connectivity index (χ2v) is 5.52. The molecule has 1 atom stereocenters. The molecular formula is C15H22N2O2. The molecule has 0 unspecified atom stereocenters. The number of amides is 1. The van der Waals surface area contributed by atoms with Gasteiger partial charge in [-0.05, 0) is 48.8 Å². The molecule has 1 aromatic rings. The Kier molecular flexibility index (Phi) is 4.22. The van der Waals surface area contributed by atoms with Crippen molar-refractivity contribution in [3.63, 3.8) is 0 Å². The van der Waals surface area contributed by atoms with Crippen molar-refractivity contribution in [2.75, 3.05) is 11.9 Å². The molecule has 1 amide bonds. The minimum atomic E-state index is -0.115. The Morgan fingerprint density at radius 2 is 2.05 bits per heavy atom. The van der Waals surface area contributed by atoms with Crippen molar-refractivity contribution in [1.29, 1.82) is 0 Å². The van der Waals surface area contributed by atoms with Crippen LogP contribution in [0.15, 0.2) is 24.3 Å². The van der Waals surface area contributed by atoms with Crippen molar-refractivity contribution in [2.45, 2.75) is 44.1 Å². The zero-order chi connectivity index (χ0) is 13.9. The van der Waals surface area contributed by atoms with E-state index in [0.29, 0.717) is 0 Å². The molecule has 0 spiro atoms. The van der Waals surface area contributed by atoms with Gasteiger partial charge < -0.3 is 16.2 Å². The molecule has 0 bridgehead atoms. The van der Waals surface area contributed by atoms with Crippen LogP contribution in [0.3, 0.4) is 0 Å². The second kappa shape index (κ2) is 5.72. The van der Waals surface area contributed by atoms with Gasteiger partial charge in [0, 0.05) is 18.7 Å². The first kappa shape index (κ1) is 14.0. The van der Waals surface area contributed by atoms with Crippen LogP contribution in [0.5, 0.6) is 0 Å². The van der Waals surface area contributed by atoms with E-state index in [1.165, 1.54) is 25.3 Å². The largest absolute Gasteiger partial charge is 0.395 e. The smallest absolute Gasteiger partial charge is 0.221 e. The van der Waals surface area contributed by atoms with Crippen LogP contribution in [0.4, 0.5) is 5.69 Å². The molecule has 2 rings (SSSR count). The monoisotopic (exact) mass is 262 g/mol. The molecule has 1 fully saturated rings. The summed E-state index contributed by atoms with van der Waals surface area (Å²) >= 11 is 0. The number of hydrogen-bond donors (Lipinski definition) is 3. The van der Waals surface area contributed by atoms with Gasteiger partial charge in [0.05, 0.1) is 6.61 Å². The van der Waals surface area contributed by atoms with Crippen LogP contribution in [0.1, 0.15) is 38.2 Å². The third-order valence-electron chi connectivity index (χ3n) is 3.90. The highest BCUT2D eigenvalue weighted by Crippen LogP contribution is 2.52. The minimum absolute atomic E-state index is 0.0530. The van der Waals surface area contributed by atoms with Crippen LogP contribution in [-0.4, -0.2) is 23.7 Å². The Morgan fingerprint density at radius 3 is 2.53 bits per heavy atom. The summed E-state index contributed by atoms with van der Waals surface area (Å²) in [6.07, 6.45) is 4.24. The van der Waals surface area contributed by atoms with Gasteiger partial charge in [0.2, 0.25) is 5.91 Å². The quantitative estimate of drug-likeness (QED) is 0.731. The average molecular weight is 262 g/mol. The SMILES string of the molecule is CC(=O)Nc1ccc(C2(CC[C@H](N)CO)CC2)cc1. The van der Waals surface area contributed by atoms with Crippen molar-refractivity contribution < 1.29 is 9.90 Å². The maximum atomic E-state index is 11.0. The lowest BCUT2D eigenvalue weighted by atomic mass is 9.89. The number of aliphatic hydroxyl groups is 1. The molecule has 4 heteroatoms. The summed E-state index contributed by atoms with van der Waals surface area (Å²) in [6, 6.07) is 7.95. The lowest BCUT2D eigenvalue weighted by Crippen LogP contribution is -2.25. The van der Waals surface area contributed by atoms with Gasteiger partial charge in [-0.25, -0.2) is 0 Å². The number of anilines is 1. The molecule has 0 aromatic heterocycles. The van der Waals surface area contributed by atoms with Gasteiger partial charge in [-0.3, -0.25) is 4.79 Å². The van der Waals surface area contributed by atoms with E-state index in [1.54, 1.807) is 0 Å². The van der Waals surface area contributed by atoms with E-state index in [-0.39, 0.29) is 24.0 Å². The molecule has 4 nitrogen and oxygen atoms in total. The van der Waals surface area contributed by atoms with Gasteiger partial charge in [0.15, 0.2) is 0 Å². The third-order valence-corrected chi connectivity index (χ3v) is 3.90. The van der Waals surface area contributed by atoms with E-state index in [0.717, 1.165) is 18.5 Å². The first-order valence-electron chi connectivity index (χ1n) is 6.80. The average Bonchev–Trinajstić information content (AvgIpc) is 3.17. The molecule has 0 aliphatic heterocycles. The number of benzene rings is 1. The van der Waals surface area contributed by atoms with Crippen LogP contribution in [0.25, 0.3) is 0 Å². The van der Waals surface area contributed by atoms with Crippen molar-refractivity contribution in [3.8, 4) is 0 Å². The van der Waals surface area contributed by atoms with Crippen molar-refractivity contribution in [1.82, 2.24) is 0 Å². The predicted molar refractivity (Wildman–Crippen MR) is 76.0 cm³/mol. The number of nitrogens with two attached hydrogens (primary N) is 1. The minimum Gasteiger partial charge on any atom is -0.395 e. The van der Waals surface area contributed by atoms with Gasteiger partial charge in [0.1, 0.15) is 0 Å². The highest BCUT2D eigenvalue weighted by atomic mass is 16.3. The third kappa shape index (κ3) is 3.55. The summed E-state index contributed by atoms with van der Waals surface area (Å²) in [6.45, 7) is 1.56. The highest BCUT2D eigenvalue weighted by Gasteiger charge is 2.43. The second-order valence-electron chi connectivity index (χ2n) is 5.52. The summed E-state index contributed by atoms with van der Waals surface area (Å²) in [7, 11) is 0. The van der Waals surface area contributed by atoms with Gasteiger partial charge in [-0.15, -0.1) is 0 Å². The molecule has 0 saturated heterocycles. The van der Waals surface area contributed by atoms with E-state index >= 15 is 0 Å². The van der Waals surface area contributed by atoms with Gasteiger partial charge in [-0.2, -0.15) is 0 Å². The van der Waals surface area contributed by atoms with E-state index in [9.17, 15) is 4.79 Å². The summed E-state index contributed by atoms with van der Waals surface area (Å²) in [5.41, 5.74) is 8.16. The van der Waals surface area contributed by atoms with Crippen LogP contribution < -0.4 is 11.1 Å². The molecule has 1 aliphatic carbocycles. The number of aliphatic hydroxyl groups excluding tert-OH is 1. The maximum Gasteiger partial charge on any atom is 0.221 e. The fraction of sp³-hybridized carbons (Fsp3) is 0.533. The van der Waals surface area contributed by atoms with E-state index in [1.807, 2.05) is 12.1 Å². The summed E-state index contributed by atoms with van der Waals surface area (Å²) in [5, 5.41) is 11.7. The number of carbonyl (C=O) groups excluding carboxylic acids is 1. The fourth-order valence-corrected chi connectivity index (χ4v) is 2.50. The Morgan fingerprint density at radius 1 is 1.42 bits per heavy atom. The summed E-state index contributed by atoms with van der Waals surface area (Å²) in [5.74, 6) is -0.0530. The first-order valence-corrected chi connectivity index (χ1v) is 6.80. The zero-order valence-electron chi connectivity index (χ0n) is 11.4. The summed E-state index contributed by atoms with van der Waals surface area (Å²) < 4.78 is 0. The number of hydrogen-bond acceptors (Lipinski definition) is 3. The first-order chi connectivity index (χ1) is 9.05. The molecule has 1 aliphatic rings. The molecular weight excluding hydrogens is 240 g/mol. The van der Waals surface area contributed by atoms with E-state index in [2.05, 4.69) is 17.4 Å². The van der Waals surface area contributed by atoms with Gasteiger partial charge in [-0.1, -0.05) is 12.1 Å². The Balaban J connectivity index is 1.99. The zero-order valence-corrected chi connectivity index (χ0v) is 11.4. The lowest BCUT2D eigenvalue weighted by Gasteiger charge is -2.18. The van der Waals surface area contributed by atoms with Crippen molar-refractivity contribution in [2.24, 2.45) is 5.73 Å². The molecule has 1 aromatic carbocycles. The fourth-order valence-electron chi connectivity index (χ4n) is 2.50. The van der Waals surface area contributed by atoms with Crippen LogP contribution in [0.2, 0.25) is 0 Å². The predicted octanol–water partition coefficient (Wildman–Crippen LogP) is 1.78. The normalized spacial score (nSPS) is 17.8. The van der Waals surface area contributed by atoms with Crippen molar-refractivity contribution >= 4 is 11.6 Å². The molecule has 0 heterocycles. The number of rotatable bonds is 6. The molecule has 0 radical (unpaired) electrons. The van der Waals surface area contributed by atoms with Gasteiger partial charge in [0.25, 0.3) is 0 Å². The molecule has 19 heavy (non-hydrogen) atoms. The lowest BCUT2D eigenvalue weighted by molar-refractivity contribution is -0.114. The number of carbonyl (C=O) groups is 1. The maximum absolute atomic E-state index is 11.0. The Bertz CT molecular complexity index is 438. The number of nitrogens with one attached hydrogen (secondary N) is 1. The Hall–Kier alpha value is -1.39. The standard InChI is InChI=1S/C15H22N2O2/c1-11(19)17-14-4-2-12(3-5-14)15(8-9-15)7-6-13(16)10-18/h2-5,13,18H,6-10,16H2,1H3,(H,17,19)/t13-/m0/s1. The Labute approximate surface area is 114 Å². The molecule has 4 N–H and O–H groups in total. The van der Waals surface area contributed by atoms with E-state index < -0.39 is 0 Å². The van der Waals surface area contributed by atoms with E-state index in [4.69, 9.17) is 10.8 Å². The van der Waals surface area contributed by atoms with Crippen LogP contribution >= 0.6 is 0 Å². The van der Waals surface area contributed by atoms with Crippen LogP contribution in [0, 0.1) is 0 Å². The topological polar surface area (TPSA) is 75.4 Å². The molecule has 1 saturated carbocycles. The molecule has 104 valence electrons. The van der Waals surface area contributed by atoms with Crippen molar-refractivity contribution in [3.05, 3.63) is 29.8 Å². The highest BCUT2D eigenvalue weighted by molar-refractivity contribution is 5.88. The van der Waals surface area contributed by atoms with Gasteiger partial charge >= 0.3 is 0 Å².